The van der Waals surface area contributed by atoms with E-state index in [1.54, 1.807) is 0 Å². The van der Waals surface area contributed by atoms with Gasteiger partial charge in [-0.1, -0.05) is 40.9 Å². The number of benzene rings is 1. The Morgan fingerprint density at radius 3 is 2.46 bits per heavy atom. The second-order valence-corrected chi connectivity index (χ2v) is 12.6. The van der Waals surface area contributed by atoms with Crippen molar-refractivity contribution in [3.63, 3.8) is 0 Å². The highest BCUT2D eigenvalue weighted by Crippen LogP contribution is 2.40. The first-order valence-corrected chi connectivity index (χ1v) is 15.5. The topological polar surface area (TPSA) is 121 Å². The number of fused-ring (bicyclic) bond motifs is 3. The molecule has 2 aliphatic carbocycles. The van der Waals surface area contributed by atoms with Crippen molar-refractivity contribution >= 4 is 56.1 Å². The third kappa shape index (κ3) is 6.10. The summed E-state index contributed by atoms with van der Waals surface area (Å²) in [6.07, 6.45) is 14.4. The van der Waals surface area contributed by atoms with E-state index in [1.807, 2.05) is 42.6 Å². The number of nitrogens with zero attached hydrogens (tertiary/aromatic N) is 2. The number of H-pyrrole nitrogens is 1. The number of hydrogen-bond acceptors (Lipinski definition) is 4. The number of rotatable bonds is 5. The first-order chi connectivity index (χ1) is 19.9. The Morgan fingerprint density at radius 1 is 0.976 bits per heavy atom. The van der Waals surface area contributed by atoms with E-state index in [4.69, 9.17) is 5.73 Å². The number of pyridine rings is 1. The summed E-state index contributed by atoms with van der Waals surface area (Å²) in [5.41, 5.74) is 8.89. The summed E-state index contributed by atoms with van der Waals surface area (Å²) in [4.78, 5) is 46.1. The van der Waals surface area contributed by atoms with Gasteiger partial charge in [-0.2, -0.15) is 0 Å². The Balaban J connectivity index is 0.000000328. The molecule has 3 fully saturated rings. The maximum atomic E-state index is 13.4. The van der Waals surface area contributed by atoms with Crippen LogP contribution in [0.3, 0.4) is 0 Å². The highest BCUT2D eigenvalue weighted by atomic mass is 79.9. The molecule has 41 heavy (non-hydrogen) atoms. The molecule has 9 heteroatoms. The quantitative estimate of drug-likeness (QED) is 0.316. The predicted molar refractivity (Wildman–Crippen MR) is 163 cm³/mol. The van der Waals surface area contributed by atoms with E-state index in [-0.39, 0.29) is 41.6 Å². The molecule has 4 N–H and O–H groups in total. The Bertz CT molecular complexity index is 1500. The lowest BCUT2D eigenvalue weighted by Gasteiger charge is -2.45. The van der Waals surface area contributed by atoms with Crippen molar-refractivity contribution in [3.05, 3.63) is 64.3 Å². The van der Waals surface area contributed by atoms with Crippen molar-refractivity contribution in [2.24, 2.45) is 17.6 Å². The molecule has 3 aromatic rings. The van der Waals surface area contributed by atoms with Gasteiger partial charge in [-0.05, 0) is 92.8 Å². The van der Waals surface area contributed by atoms with Crippen LogP contribution in [-0.2, 0) is 9.59 Å². The van der Waals surface area contributed by atoms with E-state index in [1.165, 1.54) is 18.4 Å². The molecule has 2 unspecified atom stereocenters. The number of nitrogens with one attached hydrogen (secondary N) is 2. The Hall–Kier alpha value is -3.46. The zero-order chi connectivity index (χ0) is 28.5. The van der Waals surface area contributed by atoms with Gasteiger partial charge in [0.1, 0.15) is 11.5 Å². The first-order valence-electron chi connectivity index (χ1n) is 14.7. The molecule has 3 amide bonds. The van der Waals surface area contributed by atoms with Gasteiger partial charge in [0.05, 0.1) is 6.04 Å². The minimum absolute atomic E-state index is 0.0552. The molecular weight excluding hydrogens is 582 g/mol. The van der Waals surface area contributed by atoms with E-state index < -0.39 is 0 Å². The normalized spacial score (nSPS) is 22.1. The van der Waals surface area contributed by atoms with Gasteiger partial charge in [0, 0.05) is 39.5 Å². The van der Waals surface area contributed by atoms with Gasteiger partial charge in [-0.3, -0.25) is 14.4 Å². The van der Waals surface area contributed by atoms with Crippen molar-refractivity contribution in [1.29, 1.82) is 0 Å². The lowest BCUT2D eigenvalue weighted by molar-refractivity contribution is -0.121. The molecule has 0 spiro atoms. The Morgan fingerprint density at radius 2 is 1.78 bits per heavy atom. The van der Waals surface area contributed by atoms with Crippen molar-refractivity contribution < 1.29 is 14.4 Å². The van der Waals surface area contributed by atoms with Crippen LogP contribution in [0.15, 0.2) is 53.1 Å². The number of nitrogens with two attached hydrogens (primary N) is 1. The number of hydrogen-bond donors (Lipinski definition) is 3. The number of halogens is 1. The van der Waals surface area contributed by atoms with Crippen LogP contribution in [-0.4, -0.2) is 44.7 Å². The van der Waals surface area contributed by atoms with Crippen LogP contribution in [0.1, 0.15) is 80.1 Å². The average Bonchev–Trinajstić information content (AvgIpc) is 3.44. The Labute approximate surface area is 248 Å². The Kier molecular flexibility index (Phi) is 7.97. The van der Waals surface area contributed by atoms with Crippen LogP contribution in [0.5, 0.6) is 0 Å². The van der Waals surface area contributed by atoms with Crippen LogP contribution in [0, 0.1) is 11.8 Å². The molecule has 4 heterocycles. The summed E-state index contributed by atoms with van der Waals surface area (Å²) in [5, 5.41) is 4.05. The van der Waals surface area contributed by atoms with Crippen LogP contribution in [0.25, 0.3) is 16.6 Å². The number of carbonyl (C=O) groups excluding carboxylic acids is 3. The molecular formula is C32H36BrN5O3. The number of carbonyl (C=O) groups is 3. The summed E-state index contributed by atoms with van der Waals surface area (Å²) in [6.45, 7) is 0. The molecule has 2 aliphatic heterocycles. The zero-order valence-corrected chi connectivity index (χ0v) is 24.7. The molecule has 4 aliphatic rings. The summed E-state index contributed by atoms with van der Waals surface area (Å²) >= 11 is 3.49. The van der Waals surface area contributed by atoms with Gasteiger partial charge in [0.2, 0.25) is 11.8 Å². The van der Waals surface area contributed by atoms with Crippen LogP contribution in [0.2, 0.25) is 0 Å². The number of primary amides is 1. The smallest absolute Gasteiger partial charge is 0.254 e. The van der Waals surface area contributed by atoms with Crippen LogP contribution < -0.4 is 11.1 Å². The second-order valence-electron chi connectivity index (χ2n) is 11.7. The highest BCUT2D eigenvalue weighted by Gasteiger charge is 2.38. The van der Waals surface area contributed by atoms with Gasteiger partial charge in [0.25, 0.3) is 5.91 Å². The molecule has 1 saturated heterocycles. The maximum absolute atomic E-state index is 13.4. The average molecular weight is 619 g/mol. The monoisotopic (exact) mass is 617 g/mol. The molecule has 2 atom stereocenters. The third-order valence-corrected chi connectivity index (χ3v) is 9.27. The molecule has 1 aromatic carbocycles. The molecule has 0 radical (unpaired) electrons. The van der Waals surface area contributed by atoms with Gasteiger partial charge in [-0.25, -0.2) is 4.98 Å². The summed E-state index contributed by atoms with van der Waals surface area (Å²) in [6, 6.07) is 11.9. The first kappa shape index (κ1) is 27.7. The lowest BCUT2D eigenvalue weighted by Crippen LogP contribution is -2.51. The number of aromatic nitrogens is 2. The van der Waals surface area contributed by atoms with Crippen molar-refractivity contribution in [2.45, 2.75) is 76.3 Å². The third-order valence-electron chi connectivity index (χ3n) is 8.77. The predicted octanol–water partition coefficient (Wildman–Crippen LogP) is 6.19. The lowest BCUT2D eigenvalue weighted by atomic mass is 9.82. The van der Waals surface area contributed by atoms with E-state index >= 15 is 0 Å². The molecule has 8 nitrogen and oxygen atoms in total. The highest BCUT2D eigenvalue weighted by molar-refractivity contribution is 9.10. The summed E-state index contributed by atoms with van der Waals surface area (Å²) < 4.78 is 0.916. The number of anilines is 1. The standard InChI is InChI=1S/C26H25BrN4O2.C6H11NO/c27-18-4-1-3-16(11-18)26(33)31-19-5-2-6-20(31)13-17(12-19)22-14-23(30-25(32)15-7-8-15)29-24-21(22)9-10-28-24;7-6(8)5-3-1-2-4-5/h1,3-4,9-12,14-15,19-20H,2,5-8,13H2,(H2,28,29,30,32);5H,1-4H2,(H2,7,8). The number of aromatic amines is 1. The van der Waals surface area contributed by atoms with Crippen molar-refractivity contribution in [1.82, 2.24) is 14.9 Å². The number of amides is 3. The summed E-state index contributed by atoms with van der Waals surface area (Å²) in [7, 11) is 0. The fourth-order valence-corrected chi connectivity index (χ4v) is 6.87. The SMILES string of the molecule is NC(=O)C1CCCC1.O=C(Nc1cc(C2=CC3CCCC(C2)N3C(=O)c2cccc(Br)c2)c2cc[nH]c2n1)C1CC1. The van der Waals surface area contributed by atoms with E-state index in [9.17, 15) is 14.4 Å². The molecule has 214 valence electrons. The van der Waals surface area contributed by atoms with E-state index in [0.29, 0.717) is 5.82 Å². The maximum Gasteiger partial charge on any atom is 0.254 e. The van der Waals surface area contributed by atoms with Gasteiger partial charge >= 0.3 is 0 Å². The zero-order valence-electron chi connectivity index (χ0n) is 23.1. The van der Waals surface area contributed by atoms with Crippen molar-refractivity contribution in [2.75, 3.05) is 5.32 Å². The minimum atomic E-state index is -0.109. The number of piperidine rings is 1. The van der Waals surface area contributed by atoms with Gasteiger partial charge in [-0.15, -0.1) is 0 Å². The van der Waals surface area contributed by atoms with Crippen molar-refractivity contribution in [3.8, 4) is 0 Å². The summed E-state index contributed by atoms with van der Waals surface area (Å²) in [5.74, 6) is 0.966. The van der Waals surface area contributed by atoms with E-state index in [0.717, 1.165) is 78.0 Å². The van der Waals surface area contributed by atoms with Gasteiger partial charge in [0.15, 0.2) is 0 Å². The van der Waals surface area contributed by atoms with Crippen LogP contribution >= 0.6 is 15.9 Å². The minimum Gasteiger partial charge on any atom is -0.369 e. The molecule has 2 bridgehead atoms. The van der Waals surface area contributed by atoms with Gasteiger partial charge < -0.3 is 20.9 Å². The molecule has 2 aromatic heterocycles. The largest absolute Gasteiger partial charge is 0.369 e. The second kappa shape index (κ2) is 11.8. The molecule has 7 rings (SSSR count). The molecule has 2 saturated carbocycles. The fraction of sp³-hybridized carbons (Fsp3) is 0.438. The van der Waals surface area contributed by atoms with Crippen LogP contribution in [0.4, 0.5) is 5.82 Å². The van der Waals surface area contributed by atoms with E-state index in [2.05, 4.69) is 42.2 Å². The fourth-order valence-electron chi connectivity index (χ4n) is 6.47.